The molecule has 0 saturated carbocycles. The van der Waals surface area contributed by atoms with Gasteiger partial charge < -0.3 is 5.32 Å². The van der Waals surface area contributed by atoms with E-state index in [0.29, 0.717) is 16.8 Å². The number of amides is 1. The average molecular weight is 240 g/mol. The van der Waals surface area contributed by atoms with Gasteiger partial charge in [0.1, 0.15) is 5.82 Å². The molecule has 0 aliphatic carbocycles. The Balaban J connectivity index is 2.12. The summed E-state index contributed by atoms with van der Waals surface area (Å²) in [5.41, 5.74) is 2.48. The fraction of sp³-hybridized carbons (Fsp3) is 0. The second-order valence-electron chi connectivity index (χ2n) is 3.99. The van der Waals surface area contributed by atoms with Crippen LogP contribution in [0.5, 0.6) is 0 Å². The summed E-state index contributed by atoms with van der Waals surface area (Å²) in [6, 6.07) is 7.87. The molecule has 0 saturated heterocycles. The first kappa shape index (κ1) is 10.7. The highest BCUT2D eigenvalue weighted by Crippen LogP contribution is 2.33. The van der Waals surface area contributed by atoms with Gasteiger partial charge in [-0.25, -0.2) is 4.39 Å². The van der Waals surface area contributed by atoms with E-state index in [4.69, 9.17) is 0 Å². The summed E-state index contributed by atoms with van der Waals surface area (Å²) in [4.78, 5) is 15.8. The van der Waals surface area contributed by atoms with Crippen LogP contribution >= 0.6 is 0 Å². The Hall–Kier alpha value is -2.49. The molecule has 0 spiro atoms. The van der Waals surface area contributed by atoms with E-state index in [1.54, 1.807) is 30.6 Å². The number of hydrogen-bond donors (Lipinski definition) is 1. The van der Waals surface area contributed by atoms with Gasteiger partial charge in [0, 0.05) is 29.2 Å². The van der Waals surface area contributed by atoms with E-state index in [1.807, 2.05) is 6.07 Å². The van der Waals surface area contributed by atoms with Gasteiger partial charge in [0.05, 0.1) is 0 Å². The van der Waals surface area contributed by atoms with Crippen molar-refractivity contribution in [3.63, 3.8) is 0 Å². The number of nitrogens with one attached hydrogen (secondary N) is 1. The average Bonchev–Trinajstić information content (AvgIpc) is 2.67. The van der Waals surface area contributed by atoms with Crippen LogP contribution < -0.4 is 5.32 Å². The van der Waals surface area contributed by atoms with E-state index in [2.05, 4.69) is 10.3 Å². The number of fused-ring (bicyclic) bond motifs is 1. The zero-order valence-electron chi connectivity index (χ0n) is 9.35. The van der Waals surface area contributed by atoms with E-state index >= 15 is 0 Å². The van der Waals surface area contributed by atoms with Crippen LogP contribution in [-0.2, 0) is 4.79 Å². The Morgan fingerprint density at radius 2 is 2.17 bits per heavy atom. The van der Waals surface area contributed by atoms with Crippen LogP contribution in [0.15, 0.2) is 42.7 Å². The Morgan fingerprint density at radius 1 is 1.28 bits per heavy atom. The lowest BCUT2D eigenvalue weighted by molar-refractivity contribution is -0.110. The summed E-state index contributed by atoms with van der Waals surface area (Å²) >= 11 is 0. The normalized spacial score (nSPS) is 15.6. The molecule has 1 N–H and O–H groups in total. The van der Waals surface area contributed by atoms with E-state index in [1.165, 1.54) is 12.1 Å². The third kappa shape index (κ3) is 1.78. The number of rotatable bonds is 1. The smallest absolute Gasteiger partial charge is 0.256 e. The van der Waals surface area contributed by atoms with Gasteiger partial charge in [-0.15, -0.1) is 0 Å². The first-order valence-electron chi connectivity index (χ1n) is 5.47. The molecule has 88 valence electrons. The van der Waals surface area contributed by atoms with E-state index in [0.717, 1.165) is 5.56 Å². The first-order chi connectivity index (χ1) is 8.74. The molecule has 1 aromatic heterocycles. The van der Waals surface area contributed by atoms with Gasteiger partial charge in [-0.1, -0.05) is 6.07 Å². The molecule has 18 heavy (non-hydrogen) atoms. The number of carbonyl (C=O) groups is 1. The molecular weight excluding hydrogens is 231 g/mol. The minimum atomic E-state index is -0.359. The maximum Gasteiger partial charge on any atom is 0.256 e. The van der Waals surface area contributed by atoms with Crippen molar-refractivity contribution < 1.29 is 9.18 Å². The van der Waals surface area contributed by atoms with Crippen molar-refractivity contribution in [2.45, 2.75) is 0 Å². The summed E-state index contributed by atoms with van der Waals surface area (Å²) in [7, 11) is 0. The van der Waals surface area contributed by atoms with Gasteiger partial charge in [-0.2, -0.15) is 0 Å². The molecule has 1 aromatic carbocycles. The third-order valence-corrected chi connectivity index (χ3v) is 2.76. The SMILES string of the molecule is O=C1Nc2ccc(F)cc2/C1=C\c1cccnc1. The minimum Gasteiger partial charge on any atom is -0.321 e. The number of benzene rings is 1. The van der Waals surface area contributed by atoms with Crippen molar-refractivity contribution in [1.29, 1.82) is 0 Å². The summed E-state index contributed by atoms with van der Waals surface area (Å²) in [6.07, 6.45) is 5.01. The minimum absolute atomic E-state index is 0.223. The molecule has 1 aliphatic rings. The molecule has 3 nitrogen and oxygen atoms in total. The van der Waals surface area contributed by atoms with Crippen LogP contribution in [0.2, 0.25) is 0 Å². The second-order valence-corrected chi connectivity index (χ2v) is 3.99. The fourth-order valence-corrected chi connectivity index (χ4v) is 1.93. The Bertz CT molecular complexity index is 650. The Kier molecular flexibility index (Phi) is 2.41. The molecule has 0 fully saturated rings. The number of nitrogens with zero attached hydrogens (tertiary/aromatic N) is 1. The number of halogens is 1. The van der Waals surface area contributed by atoms with Gasteiger partial charge in [0.15, 0.2) is 0 Å². The first-order valence-corrected chi connectivity index (χ1v) is 5.47. The van der Waals surface area contributed by atoms with Gasteiger partial charge in [0.2, 0.25) is 0 Å². The molecule has 1 amide bonds. The number of pyridine rings is 1. The van der Waals surface area contributed by atoms with Crippen molar-refractivity contribution in [2.24, 2.45) is 0 Å². The molecule has 2 aromatic rings. The topological polar surface area (TPSA) is 42.0 Å². The largest absolute Gasteiger partial charge is 0.321 e. The highest BCUT2D eigenvalue weighted by Gasteiger charge is 2.24. The molecule has 4 heteroatoms. The van der Waals surface area contributed by atoms with Crippen LogP contribution in [0.25, 0.3) is 11.6 Å². The zero-order valence-corrected chi connectivity index (χ0v) is 9.35. The lowest BCUT2D eigenvalue weighted by atomic mass is 10.0. The van der Waals surface area contributed by atoms with Crippen molar-refractivity contribution in [1.82, 2.24) is 4.98 Å². The maximum absolute atomic E-state index is 13.2. The highest BCUT2D eigenvalue weighted by atomic mass is 19.1. The van der Waals surface area contributed by atoms with Gasteiger partial charge in [-0.05, 0) is 35.9 Å². The molecule has 0 radical (unpaired) electrons. The Morgan fingerprint density at radius 3 is 2.94 bits per heavy atom. The van der Waals surface area contributed by atoms with Crippen molar-refractivity contribution in [3.8, 4) is 0 Å². The number of anilines is 1. The monoisotopic (exact) mass is 240 g/mol. The molecule has 0 bridgehead atoms. The van der Waals surface area contributed by atoms with Gasteiger partial charge in [-0.3, -0.25) is 9.78 Å². The zero-order chi connectivity index (χ0) is 12.5. The predicted molar refractivity (Wildman–Crippen MR) is 67.1 cm³/mol. The van der Waals surface area contributed by atoms with Crippen molar-refractivity contribution >= 4 is 23.2 Å². The highest BCUT2D eigenvalue weighted by molar-refractivity contribution is 6.34. The summed E-state index contributed by atoms with van der Waals surface area (Å²) in [6.45, 7) is 0. The van der Waals surface area contributed by atoms with E-state index in [-0.39, 0.29) is 11.7 Å². The second kappa shape index (κ2) is 4.07. The van der Waals surface area contributed by atoms with Gasteiger partial charge in [0.25, 0.3) is 5.91 Å². The summed E-state index contributed by atoms with van der Waals surface area (Å²) in [5.74, 6) is -0.582. The molecule has 2 heterocycles. The van der Waals surface area contributed by atoms with Crippen molar-refractivity contribution in [2.75, 3.05) is 5.32 Å². The van der Waals surface area contributed by atoms with Crippen LogP contribution in [0.3, 0.4) is 0 Å². The molecular formula is C14H9FN2O. The van der Waals surface area contributed by atoms with Crippen LogP contribution in [-0.4, -0.2) is 10.9 Å². The number of carbonyl (C=O) groups excluding carboxylic acids is 1. The fourth-order valence-electron chi connectivity index (χ4n) is 1.93. The van der Waals surface area contributed by atoms with Crippen LogP contribution in [0.1, 0.15) is 11.1 Å². The quantitative estimate of drug-likeness (QED) is 0.779. The Labute approximate surface area is 103 Å². The summed E-state index contributed by atoms with van der Waals surface area (Å²) < 4.78 is 13.2. The standard InChI is InChI=1S/C14H9FN2O/c15-10-3-4-13-11(7-10)12(14(18)17-13)6-9-2-1-5-16-8-9/h1-8H,(H,17,18)/b12-6+. The van der Waals surface area contributed by atoms with Crippen LogP contribution in [0.4, 0.5) is 10.1 Å². The van der Waals surface area contributed by atoms with Gasteiger partial charge >= 0.3 is 0 Å². The molecule has 0 unspecified atom stereocenters. The predicted octanol–water partition coefficient (Wildman–Crippen LogP) is 2.71. The number of hydrogen-bond acceptors (Lipinski definition) is 2. The molecule has 1 aliphatic heterocycles. The van der Waals surface area contributed by atoms with E-state index < -0.39 is 0 Å². The molecule has 3 rings (SSSR count). The lowest BCUT2D eigenvalue weighted by Crippen LogP contribution is -2.03. The number of aromatic nitrogens is 1. The maximum atomic E-state index is 13.2. The molecule has 0 atom stereocenters. The van der Waals surface area contributed by atoms with Crippen LogP contribution in [0, 0.1) is 5.82 Å². The summed E-state index contributed by atoms with van der Waals surface area (Å²) in [5, 5.41) is 2.70. The third-order valence-electron chi connectivity index (χ3n) is 2.76. The van der Waals surface area contributed by atoms with E-state index in [9.17, 15) is 9.18 Å². The lowest BCUT2D eigenvalue weighted by Gasteiger charge is -1.98. The van der Waals surface area contributed by atoms with Crippen molar-refractivity contribution in [3.05, 3.63) is 59.7 Å².